The molecule has 1 atom stereocenters. The second-order valence-corrected chi connectivity index (χ2v) is 8.01. The van der Waals surface area contributed by atoms with Crippen molar-refractivity contribution in [1.82, 2.24) is 10.2 Å². The number of benzene rings is 2. The van der Waals surface area contributed by atoms with Crippen LogP contribution < -0.4 is 10.2 Å². The van der Waals surface area contributed by atoms with Gasteiger partial charge >= 0.3 is 0 Å². The maximum absolute atomic E-state index is 12.4. The topological polar surface area (TPSA) is 61.9 Å². The first-order chi connectivity index (χ1) is 14.7. The Morgan fingerprint density at radius 1 is 1.03 bits per heavy atom. The highest BCUT2D eigenvalue weighted by Crippen LogP contribution is 2.21. The quantitative estimate of drug-likeness (QED) is 0.766. The lowest BCUT2D eigenvalue weighted by molar-refractivity contribution is -0.121. The molecule has 0 saturated carbocycles. The van der Waals surface area contributed by atoms with E-state index in [1.54, 1.807) is 0 Å². The summed E-state index contributed by atoms with van der Waals surface area (Å²) in [6.45, 7) is 4.61. The number of carbonyl (C=O) groups is 2. The largest absolute Gasteiger partial charge is 0.374 e. The molecule has 0 spiro atoms. The Bertz CT molecular complexity index is 854. The van der Waals surface area contributed by atoms with Gasteiger partial charge in [-0.05, 0) is 29.7 Å². The first-order valence-corrected chi connectivity index (χ1v) is 10.7. The first kappa shape index (κ1) is 20.6. The predicted molar refractivity (Wildman–Crippen MR) is 116 cm³/mol. The third-order valence-corrected chi connectivity index (χ3v) is 5.68. The summed E-state index contributed by atoms with van der Waals surface area (Å²) in [4.78, 5) is 28.4. The van der Waals surface area contributed by atoms with Crippen molar-refractivity contribution in [2.24, 2.45) is 0 Å². The molecule has 6 heteroatoms. The number of anilines is 1. The highest BCUT2D eigenvalue weighted by atomic mass is 16.5. The van der Waals surface area contributed by atoms with Crippen LogP contribution in [0.15, 0.2) is 54.6 Å². The Morgan fingerprint density at radius 3 is 2.57 bits per heavy atom. The average Bonchev–Trinajstić information content (AvgIpc) is 3.20. The van der Waals surface area contributed by atoms with Crippen molar-refractivity contribution in [3.8, 4) is 0 Å². The van der Waals surface area contributed by atoms with Gasteiger partial charge in [-0.25, -0.2) is 0 Å². The number of hydrogen-bond donors (Lipinski definition) is 1. The average molecular weight is 408 g/mol. The number of nitrogens with zero attached hydrogens (tertiary/aromatic N) is 2. The Labute approximate surface area is 177 Å². The van der Waals surface area contributed by atoms with Crippen LogP contribution in [0, 0.1) is 0 Å². The molecule has 2 aliphatic heterocycles. The molecule has 2 aliphatic rings. The van der Waals surface area contributed by atoms with Gasteiger partial charge in [-0.3, -0.25) is 14.5 Å². The Balaban J connectivity index is 1.22. The second-order valence-electron chi connectivity index (χ2n) is 8.01. The highest BCUT2D eigenvalue weighted by Gasteiger charge is 2.22. The second kappa shape index (κ2) is 9.87. The van der Waals surface area contributed by atoms with E-state index in [0.717, 1.165) is 43.9 Å². The zero-order valence-electron chi connectivity index (χ0n) is 17.3. The fraction of sp³-hybridized carbons (Fsp3) is 0.417. The lowest BCUT2D eigenvalue weighted by Gasteiger charge is -2.33. The summed E-state index contributed by atoms with van der Waals surface area (Å²) >= 11 is 0. The van der Waals surface area contributed by atoms with Crippen LogP contribution in [0.3, 0.4) is 0 Å². The zero-order valence-corrected chi connectivity index (χ0v) is 17.3. The minimum absolute atomic E-state index is 0.00923. The molecule has 1 N–H and O–H groups in total. The van der Waals surface area contributed by atoms with Crippen LogP contribution in [0.4, 0.5) is 5.69 Å². The van der Waals surface area contributed by atoms with Gasteiger partial charge in [0.2, 0.25) is 11.8 Å². The number of amides is 2. The van der Waals surface area contributed by atoms with Gasteiger partial charge in [0.15, 0.2) is 0 Å². The normalized spacial score (nSPS) is 19.8. The summed E-state index contributed by atoms with van der Waals surface area (Å²) in [5.41, 5.74) is 3.15. The molecule has 1 unspecified atom stereocenters. The smallest absolute Gasteiger partial charge is 0.227 e. The van der Waals surface area contributed by atoms with E-state index in [9.17, 15) is 9.59 Å². The maximum atomic E-state index is 12.4. The minimum atomic E-state index is -0.0104. The van der Waals surface area contributed by atoms with E-state index >= 15 is 0 Å². The lowest BCUT2D eigenvalue weighted by Crippen LogP contribution is -2.47. The number of morpholine rings is 1. The van der Waals surface area contributed by atoms with Gasteiger partial charge in [0.25, 0.3) is 0 Å². The van der Waals surface area contributed by atoms with Crippen molar-refractivity contribution >= 4 is 17.5 Å². The fourth-order valence-corrected chi connectivity index (χ4v) is 4.08. The summed E-state index contributed by atoms with van der Waals surface area (Å²) in [5.74, 6) is 0.165. The molecule has 158 valence electrons. The van der Waals surface area contributed by atoms with Crippen LogP contribution >= 0.6 is 0 Å². The van der Waals surface area contributed by atoms with Crippen LogP contribution in [0.25, 0.3) is 0 Å². The van der Waals surface area contributed by atoms with Gasteiger partial charge < -0.3 is 15.0 Å². The van der Waals surface area contributed by atoms with Crippen LogP contribution in [0.2, 0.25) is 0 Å². The van der Waals surface area contributed by atoms with Crippen LogP contribution in [0.1, 0.15) is 24.0 Å². The van der Waals surface area contributed by atoms with E-state index in [1.165, 1.54) is 5.56 Å². The van der Waals surface area contributed by atoms with Crippen molar-refractivity contribution < 1.29 is 14.3 Å². The number of ether oxygens (including phenoxy) is 1. The molecule has 2 heterocycles. The summed E-state index contributed by atoms with van der Waals surface area (Å²) < 4.78 is 5.84. The third-order valence-electron chi connectivity index (χ3n) is 5.68. The van der Waals surface area contributed by atoms with Crippen molar-refractivity contribution in [2.75, 3.05) is 37.7 Å². The lowest BCUT2D eigenvalue weighted by atomic mass is 10.1. The van der Waals surface area contributed by atoms with Gasteiger partial charge in [-0.15, -0.1) is 0 Å². The molecule has 0 aliphatic carbocycles. The van der Waals surface area contributed by atoms with Crippen LogP contribution in [0.5, 0.6) is 0 Å². The monoisotopic (exact) mass is 407 g/mol. The molecule has 30 heavy (non-hydrogen) atoms. The van der Waals surface area contributed by atoms with Crippen molar-refractivity contribution in [2.45, 2.75) is 31.9 Å². The standard InChI is InChI=1S/C24H29N3O3/c28-23(15-19-8-10-21(11-9-19)27-12-4-7-24(27)29)25-16-22-18-26(13-14-30-22)17-20-5-2-1-3-6-20/h1-3,5-6,8-11,22H,4,7,12-18H2,(H,25,28). The minimum Gasteiger partial charge on any atom is -0.374 e. The van der Waals surface area contributed by atoms with E-state index in [4.69, 9.17) is 4.74 Å². The summed E-state index contributed by atoms with van der Waals surface area (Å²) in [6.07, 6.45) is 1.87. The molecule has 4 rings (SSSR count). The Kier molecular flexibility index (Phi) is 6.77. The highest BCUT2D eigenvalue weighted by molar-refractivity contribution is 5.95. The molecule has 2 amide bonds. The number of hydrogen-bond acceptors (Lipinski definition) is 4. The van der Waals surface area contributed by atoms with E-state index in [2.05, 4.69) is 34.5 Å². The first-order valence-electron chi connectivity index (χ1n) is 10.7. The molecule has 2 aromatic rings. The molecule has 2 aromatic carbocycles. The summed E-state index contributed by atoms with van der Waals surface area (Å²) in [7, 11) is 0. The van der Waals surface area contributed by atoms with E-state index in [1.807, 2.05) is 35.2 Å². The number of carbonyl (C=O) groups excluding carboxylic acids is 2. The van der Waals surface area contributed by atoms with Gasteiger partial charge in [-0.2, -0.15) is 0 Å². The van der Waals surface area contributed by atoms with Gasteiger partial charge in [-0.1, -0.05) is 42.5 Å². The van der Waals surface area contributed by atoms with Gasteiger partial charge in [0, 0.05) is 44.8 Å². The van der Waals surface area contributed by atoms with Gasteiger partial charge in [0.1, 0.15) is 0 Å². The van der Waals surface area contributed by atoms with Crippen molar-refractivity contribution in [3.05, 3.63) is 65.7 Å². The van der Waals surface area contributed by atoms with Crippen molar-refractivity contribution in [1.29, 1.82) is 0 Å². The number of rotatable bonds is 7. The molecule has 0 radical (unpaired) electrons. The number of nitrogens with one attached hydrogen (secondary N) is 1. The zero-order chi connectivity index (χ0) is 20.8. The molecule has 6 nitrogen and oxygen atoms in total. The van der Waals surface area contributed by atoms with Crippen molar-refractivity contribution in [3.63, 3.8) is 0 Å². The Hall–Kier alpha value is -2.70. The van der Waals surface area contributed by atoms with E-state index in [0.29, 0.717) is 26.0 Å². The molecule has 0 bridgehead atoms. The third kappa shape index (κ3) is 5.46. The predicted octanol–water partition coefficient (Wildman–Crippen LogP) is 2.37. The summed E-state index contributed by atoms with van der Waals surface area (Å²) in [6, 6.07) is 18.1. The molecule has 2 fully saturated rings. The van der Waals surface area contributed by atoms with Crippen LogP contribution in [-0.2, 0) is 27.3 Å². The van der Waals surface area contributed by atoms with E-state index in [-0.39, 0.29) is 17.9 Å². The molecule has 2 saturated heterocycles. The fourth-order valence-electron chi connectivity index (χ4n) is 4.08. The maximum Gasteiger partial charge on any atom is 0.227 e. The molecular weight excluding hydrogens is 378 g/mol. The summed E-state index contributed by atoms with van der Waals surface area (Å²) in [5, 5.41) is 3.01. The Morgan fingerprint density at radius 2 is 1.83 bits per heavy atom. The SMILES string of the molecule is O=C(Cc1ccc(N2CCCC2=O)cc1)NCC1CN(Cc2ccccc2)CCO1. The van der Waals surface area contributed by atoms with Gasteiger partial charge in [0.05, 0.1) is 19.1 Å². The van der Waals surface area contributed by atoms with E-state index < -0.39 is 0 Å². The molecular formula is C24H29N3O3. The molecule has 0 aromatic heterocycles. The van der Waals surface area contributed by atoms with Crippen LogP contribution in [-0.4, -0.2) is 55.6 Å².